The summed E-state index contributed by atoms with van der Waals surface area (Å²) in [5, 5.41) is 25.4. The summed E-state index contributed by atoms with van der Waals surface area (Å²) in [6, 6.07) is 6.65. The smallest absolute Gasteiger partial charge is 0.330 e. The summed E-state index contributed by atoms with van der Waals surface area (Å²) in [6.45, 7) is 0.359. The van der Waals surface area contributed by atoms with Crippen molar-refractivity contribution in [3.05, 3.63) is 35.4 Å². The van der Waals surface area contributed by atoms with Gasteiger partial charge in [0.2, 0.25) is 11.8 Å². The van der Waals surface area contributed by atoms with E-state index >= 15 is 0 Å². The molecule has 1 fully saturated rings. The topological polar surface area (TPSA) is 185 Å². The molecule has 3 rings (SSSR count). The summed E-state index contributed by atoms with van der Waals surface area (Å²) < 4.78 is 0. The normalized spacial score (nSPS) is 19.2. The van der Waals surface area contributed by atoms with Crippen molar-refractivity contribution in [3.63, 3.8) is 0 Å². The van der Waals surface area contributed by atoms with E-state index in [0.29, 0.717) is 32.2 Å². The SMILES string of the molecule is NCCCC[C@H](N)C(=O)NCC(CC1(C(=O)NC2(C(=O)O)Cc3ccccc3C2)CCCC1)C(=O)O. The Balaban J connectivity index is 1.70. The Morgan fingerprint density at radius 2 is 1.61 bits per heavy atom. The van der Waals surface area contributed by atoms with Crippen molar-refractivity contribution in [2.75, 3.05) is 13.1 Å². The van der Waals surface area contributed by atoms with Gasteiger partial charge in [-0.1, -0.05) is 43.5 Å². The van der Waals surface area contributed by atoms with Gasteiger partial charge in [-0.15, -0.1) is 0 Å². The summed E-state index contributed by atoms with van der Waals surface area (Å²) in [4.78, 5) is 50.4. The Bertz CT molecular complexity index is 950. The molecule has 36 heavy (non-hydrogen) atoms. The van der Waals surface area contributed by atoms with Crippen molar-refractivity contribution in [1.82, 2.24) is 10.6 Å². The molecule has 10 nitrogen and oxygen atoms in total. The third-order valence-electron chi connectivity index (χ3n) is 7.72. The van der Waals surface area contributed by atoms with Crippen molar-refractivity contribution < 1.29 is 29.4 Å². The highest BCUT2D eigenvalue weighted by Crippen LogP contribution is 2.44. The highest BCUT2D eigenvalue weighted by molar-refractivity contribution is 5.92. The summed E-state index contributed by atoms with van der Waals surface area (Å²) in [6.07, 6.45) is 4.71. The molecule has 0 saturated heterocycles. The number of hydrogen-bond donors (Lipinski definition) is 6. The van der Waals surface area contributed by atoms with Gasteiger partial charge in [0.1, 0.15) is 5.54 Å². The van der Waals surface area contributed by atoms with Gasteiger partial charge >= 0.3 is 11.9 Å². The summed E-state index contributed by atoms with van der Waals surface area (Å²) in [5.74, 6) is -4.09. The van der Waals surface area contributed by atoms with Crippen LogP contribution in [0.25, 0.3) is 0 Å². The van der Waals surface area contributed by atoms with Crippen LogP contribution in [-0.4, -0.2) is 58.6 Å². The molecule has 1 saturated carbocycles. The Hall–Kier alpha value is -2.98. The minimum atomic E-state index is -1.46. The molecule has 1 aromatic rings. The fraction of sp³-hybridized carbons (Fsp3) is 0.615. The van der Waals surface area contributed by atoms with E-state index in [1.54, 1.807) is 0 Å². The molecule has 1 unspecified atom stereocenters. The van der Waals surface area contributed by atoms with E-state index < -0.39 is 46.7 Å². The number of rotatable bonds is 13. The minimum absolute atomic E-state index is 0.0134. The zero-order valence-electron chi connectivity index (χ0n) is 20.6. The zero-order valence-corrected chi connectivity index (χ0v) is 20.6. The third-order valence-corrected chi connectivity index (χ3v) is 7.72. The van der Waals surface area contributed by atoms with E-state index in [2.05, 4.69) is 10.6 Å². The van der Waals surface area contributed by atoms with Crippen LogP contribution in [0.2, 0.25) is 0 Å². The Morgan fingerprint density at radius 1 is 1.00 bits per heavy atom. The Kier molecular flexibility index (Phi) is 9.08. The van der Waals surface area contributed by atoms with Crippen LogP contribution in [0.4, 0.5) is 0 Å². The van der Waals surface area contributed by atoms with Crippen molar-refractivity contribution in [2.24, 2.45) is 22.8 Å². The number of unbranched alkanes of at least 4 members (excludes halogenated alkanes) is 1. The second-order valence-corrected chi connectivity index (χ2v) is 10.3. The molecule has 10 heteroatoms. The molecule has 0 radical (unpaired) electrons. The second kappa shape index (κ2) is 11.8. The van der Waals surface area contributed by atoms with Crippen LogP contribution in [-0.2, 0) is 32.0 Å². The van der Waals surface area contributed by atoms with E-state index in [1.165, 1.54) is 0 Å². The van der Waals surface area contributed by atoms with Crippen molar-refractivity contribution in [3.8, 4) is 0 Å². The summed E-state index contributed by atoms with van der Waals surface area (Å²) >= 11 is 0. The number of carboxylic acid groups (broad SMARTS) is 2. The van der Waals surface area contributed by atoms with E-state index in [-0.39, 0.29) is 25.8 Å². The molecule has 0 aliphatic heterocycles. The van der Waals surface area contributed by atoms with Crippen LogP contribution in [0, 0.1) is 11.3 Å². The first-order valence-electron chi connectivity index (χ1n) is 12.7. The van der Waals surface area contributed by atoms with Gasteiger partial charge < -0.3 is 32.3 Å². The van der Waals surface area contributed by atoms with Crippen molar-refractivity contribution in [2.45, 2.75) is 75.8 Å². The van der Waals surface area contributed by atoms with Gasteiger partial charge in [-0.2, -0.15) is 0 Å². The lowest BCUT2D eigenvalue weighted by molar-refractivity contribution is -0.151. The Morgan fingerprint density at radius 3 is 2.14 bits per heavy atom. The average molecular weight is 503 g/mol. The highest BCUT2D eigenvalue weighted by atomic mass is 16.4. The molecule has 2 aliphatic carbocycles. The maximum Gasteiger partial charge on any atom is 0.330 e. The lowest BCUT2D eigenvalue weighted by Gasteiger charge is -2.35. The number of carbonyl (C=O) groups excluding carboxylic acids is 2. The monoisotopic (exact) mass is 502 g/mol. The molecule has 2 aliphatic rings. The number of nitrogens with two attached hydrogens (primary N) is 2. The number of benzene rings is 1. The molecule has 1 aromatic carbocycles. The molecule has 0 heterocycles. The lowest BCUT2D eigenvalue weighted by atomic mass is 9.75. The number of carbonyl (C=O) groups is 4. The van der Waals surface area contributed by atoms with Gasteiger partial charge in [0.15, 0.2) is 0 Å². The minimum Gasteiger partial charge on any atom is -0.481 e. The molecule has 2 atom stereocenters. The molecule has 198 valence electrons. The second-order valence-electron chi connectivity index (χ2n) is 10.3. The third kappa shape index (κ3) is 6.22. The largest absolute Gasteiger partial charge is 0.481 e. The summed E-state index contributed by atoms with van der Waals surface area (Å²) in [7, 11) is 0. The molecule has 0 spiro atoms. The van der Waals surface area contributed by atoms with E-state index in [4.69, 9.17) is 11.5 Å². The predicted molar refractivity (Wildman–Crippen MR) is 133 cm³/mol. The maximum atomic E-state index is 13.7. The highest BCUT2D eigenvalue weighted by Gasteiger charge is 2.51. The summed E-state index contributed by atoms with van der Waals surface area (Å²) in [5.41, 5.74) is 10.7. The number of nitrogens with one attached hydrogen (secondary N) is 2. The average Bonchev–Trinajstić information content (AvgIpc) is 3.47. The molecule has 8 N–H and O–H groups in total. The first-order valence-corrected chi connectivity index (χ1v) is 12.7. The number of hydrogen-bond acceptors (Lipinski definition) is 6. The van der Waals surface area contributed by atoms with Crippen molar-refractivity contribution >= 4 is 23.8 Å². The fourth-order valence-electron chi connectivity index (χ4n) is 5.55. The van der Waals surface area contributed by atoms with Gasteiger partial charge in [0, 0.05) is 19.4 Å². The molecule has 0 bridgehead atoms. The predicted octanol–water partition coefficient (Wildman–Crippen LogP) is 0.949. The van der Waals surface area contributed by atoms with Gasteiger partial charge in [0.05, 0.1) is 17.4 Å². The molecular weight excluding hydrogens is 464 g/mol. The van der Waals surface area contributed by atoms with Crippen LogP contribution >= 0.6 is 0 Å². The van der Waals surface area contributed by atoms with Crippen LogP contribution in [0.15, 0.2) is 24.3 Å². The number of carboxylic acids is 2. The van der Waals surface area contributed by atoms with Gasteiger partial charge in [-0.3, -0.25) is 14.4 Å². The van der Waals surface area contributed by atoms with Crippen LogP contribution < -0.4 is 22.1 Å². The molecule has 0 aromatic heterocycles. The quantitative estimate of drug-likeness (QED) is 0.215. The Labute approximate surface area is 211 Å². The maximum absolute atomic E-state index is 13.7. The van der Waals surface area contributed by atoms with Gasteiger partial charge in [-0.05, 0) is 49.8 Å². The van der Waals surface area contributed by atoms with Gasteiger partial charge in [0.25, 0.3) is 0 Å². The first kappa shape index (κ1) is 27.6. The number of fused-ring (bicyclic) bond motifs is 1. The first-order chi connectivity index (χ1) is 17.1. The molecular formula is C26H38N4O6. The lowest BCUT2D eigenvalue weighted by Crippen LogP contribution is -2.59. The van der Waals surface area contributed by atoms with E-state index in [9.17, 15) is 29.4 Å². The standard InChI is InChI=1S/C26H38N4O6/c27-12-6-3-9-20(28)21(31)29-16-19(22(32)33)13-25(10-4-5-11-25)23(34)30-26(24(35)36)14-17-7-1-2-8-18(17)15-26/h1-2,7-8,19-20H,3-6,9-16,27-28H2,(H,29,31)(H,30,34)(H,32,33)(H,35,36)/t19?,20-/m0/s1. The van der Waals surface area contributed by atoms with Crippen molar-refractivity contribution in [1.29, 1.82) is 0 Å². The van der Waals surface area contributed by atoms with Crippen LogP contribution in [0.3, 0.4) is 0 Å². The van der Waals surface area contributed by atoms with E-state index in [1.807, 2.05) is 24.3 Å². The number of aliphatic carboxylic acids is 2. The van der Waals surface area contributed by atoms with Crippen LogP contribution in [0.1, 0.15) is 62.5 Å². The van der Waals surface area contributed by atoms with Gasteiger partial charge in [-0.25, -0.2) is 4.79 Å². The number of amides is 2. The van der Waals surface area contributed by atoms with E-state index in [0.717, 1.165) is 30.4 Å². The molecule has 2 amide bonds. The zero-order chi connectivity index (χ0) is 26.3. The van der Waals surface area contributed by atoms with Crippen LogP contribution in [0.5, 0.6) is 0 Å². The fourth-order valence-corrected chi connectivity index (χ4v) is 5.55.